The van der Waals surface area contributed by atoms with E-state index in [1.807, 2.05) is 32.0 Å². The summed E-state index contributed by atoms with van der Waals surface area (Å²) in [7, 11) is 0. The van der Waals surface area contributed by atoms with Crippen LogP contribution in [0.5, 0.6) is 0 Å². The normalized spacial score (nSPS) is 10.7. The van der Waals surface area contributed by atoms with Crippen molar-refractivity contribution in [1.82, 2.24) is 5.32 Å². The number of carbonyl (C=O) groups excluding carboxylic acids is 1. The van der Waals surface area contributed by atoms with Gasteiger partial charge in [0, 0.05) is 18.1 Å². The smallest absolute Gasteiger partial charge is 0.224 e. The van der Waals surface area contributed by atoms with Crippen LogP contribution in [0.1, 0.15) is 22.3 Å². The summed E-state index contributed by atoms with van der Waals surface area (Å²) < 4.78 is 0. The molecule has 2 nitrogen and oxygen atoms in total. The van der Waals surface area contributed by atoms with Crippen LogP contribution in [0, 0.1) is 13.8 Å². The highest BCUT2D eigenvalue weighted by molar-refractivity contribution is 7.98. The molecule has 1 N–H and O–H groups in total. The molecule has 2 aromatic rings. The molecule has 2 rings (SSSR count). The second-order valence-electron chi connectivity index (χ2n) is 5.76. The molecule has 2 aromatic carbocycles. The van der Waals surface area contributed by atoms with E-state index in [2.05, 4.69) is 23.5 Å². The van der Waals surface area contributed by atoms with Crippen molar-refractivity contribution in [2.24, 2.45) is 0 Å². The Morgan fingerprint density at radius 2 is 1.88 bits per heavy atom. The molecule has 0 aliphatic rings. The summed E-state index contributed by atoms with van der Waals surface area (Å²) in [6.07, 6.45) is 0.435. The molecule has 0 heterocycles. The number of halogens is 2. The van der Waals surface area contributed by atoms with Crippen molar-refractivity contribution in [3.63, 3.8) is 0 Å². The number of hydrogen-bond donors (Lipinski definition) is 1. The zero-order valence-corrected chi connectivity index (χ0v) is 16.2. The summed E-state index contributed by atoms with van der Waals surface area (Å²) in [6.45, 7) is 4.74. The minimum Gasteiger partial charge on any atom is -0.355 e. The van der Waals surface area contributed by atoms with E-state index in [0.717, 1.165) is 28.2 Å². The fourth-order valence-electron chi connectivity index (χ4n) is 2.31. The van der Waals surface area contributed by atoms with E-state index < -0.39 is 0 Å². The summed E-state index contributed by atoms with van der Waals surface area (Å²) in [5.74, 6) is 1.78. The minimum absolute atomic E-state index is 0.0684. The van der Waals surface area contributed by atoms with E-state index in [1.54, 1.807) is 11.8 Å². The molecule has 0 bridgehead atoms. The molecule has 0 aliphatic heterocycles. The van der Waals surface area contributed by atoms with Crippen molar-refractivity contribution < 1.29 is 4.79 Å². The van der Waals surface area contributed by atoms with Crippen LogP contribution in [0.25, 0.3) is 0 Å². The molecule has 128 valence electrons. The maximum atomic E-state index is 12.0. The average Bonchev–Trinajstić information content (AvgIpc) is 2.54. The number of rotatable bonds is 7. The van der Waals surface area contributed by atoms with Crippen molar-refractivity contribution in [3.05, 3.63) is 68.7 Å². The monoisotopic (exact) mass is 381 g/mol. The first-order chi connectivity index (χ1) is 11.5. The zero-order valence-electron chi connectivity index (χ0n) is 13.9. The van der Waals surface area contributed by atoms with Gasteiger partial charge in [-0.2, -0.15) is 11.8 Å². The Kier molecular flexibility index (Phi) is 7.47. The number of carbonyl (C=O) groups is 1. The third-order valence-corrected chi connectivity index (χ3v) is 5.45. The first-order valence-corrected chi connectivity index (χ1v) is 9.71. The predicted octanol–water partition coefficient (Wildman–Crippen LogP) is 5.20. The molecular weight excluding hydrogens is 361 g/mol. The Bertz CT molecular complexity index is 719. The van der Waals surface area contributed by atoms with Gasteiger partial charge < -0.3 is 5.32 Å². The Morgan fingerprint density at radius 1 is 1.08 bits per heavy atom. The third kappa shape index (κ3) is 6.04. The second-order valence-corrected chi connectivity index (χ2v) is 7.68. The van der Waals surface area contributed by atoms with Gasteiger partial charge in [0.1, 0.15) is 0 Å². The molecule has 1 amide bonds. The molecule has 0 fully saturated rings. The van der Waals surface area contributed by atoms with Crippen LogP contribution >= 0.6 is 35.0 Å². The van der Waals surface area contributed by atoms with Gasteiger partial charge in [0.2, 0.25) is 5.91 Å². The van der Waals surface area contributed by atoms with Gasteiger partial charge in [-0.25, -0.2) is 0 Å². The Labute approximate surface area is 157 Å². The SMILES string of the molecule is Cc1ccc(C)c(CC(=O)NCCSCc2ccc(Cl)c(Cl)c2)c1. The standard InChI is InChI=1S/C19H21Cl2NOS/c1-13-3-4-14(2)16(9-13)11-19(23)22-7-8-24-12-15-5-6-17(20)18(21)10-15/h3-6,9-10H,7-8,11-12H2,1-2H3,(H,22,23). The molecule has 0 radical (unpaired) electrons. The van der Waals surface area contributed by atoms with Gasteiger partial charge in [-0.1, -0.05) is 53.0 Å². The molecule has 5 heteroatoms. The Balaban J connectivity index is 1.69. The largest absolute Gasteiger partial charge is 0.355 e. The molecule has 0 unspecified atom stereocenters. The van der Waals surface area contributed by atoms with Gasteiger partial charge >= 0.3 is 0 Å². The van der Waals surface area contributed by atoms with E-state index in [-0.39, 0.29) is 5.91 Å². The number of benzene rings is 2. The molecule has 0 aliphatic carbocycles. The lowest BCUT2D eigenvalue weighted by Crippen LogP contribution is -2.27. The van der Waals surface area contributed by atoms with Gasteiger partial charge in [0.15, 0.2) is 0 Å². The van der Waals surface area contributed by atoms with Crippen LogP contribution in [0.3, 0.4) is 0 Å². The Hall–Kier alpha value is -1.16. The summed E-state index contributed by atoms with van der Waals surface area (Å²) in [6, 6.07) is 11.9. The highest BCUT2D eigenvalue weighted by Crippen LogP contribution is 2.24. The van der Waals surface area contributed by atoms with Crippen molar-refractivity contribution in [2.45, 2.75) is 26.0 Å². The fourth-order valence-corrected chi connectivity index (χ4v) is 3.43. The summed E-state index contributed by atoms with van der Waals surface area (Å²) in [5, 5.41) is 4.13. The van der Waals surface area contributed by atoms with E-state index >= 15 is 0 Å². The maximum Gasteiger partial charge on any atom is 0.224 e. The molecule has 0 aromatic heterocycles. The number of nitrogens with one attached hydrogen (secondary N) is 1. The second kappa shape index (κ2) is 9.36. The highest BCUT2D eigenvalue weighted by atomic mass is 35.5. The average molecular weight is 382 g/mol. The van der Waals surface area contributed by atoms with Crippen LogP contribution in [0.2, 0.25) is 10.0 Å². The predicted molar refractivity (Wildman–Crippen MR) is 105 cm³/mol. The van der Waals surface area contributed by atoms with Crippen LogP contribution in [0.4, 0.5) is 0 Å². The molecule has 0 saturated heterocycles. The lowest BCUT2D eigenvalue weighted by Gasteiger charge is -2.08. The number of thioether (sulfide) groups is 1. The van der Waals surface area contributed by atoms with Crippen molar-refractivity contribution in [1.29, 1.82) is 0 Å². The summed E-state index contributed by atoms with van der Waals surface area (Å²) in [4.78, 5) is 12.0. The Morgan fingerprint density at radius 3 is 2.62 bits per heavy atom. The van der Waals surface area contributed by atoms with Gasteiger partial charge in [0.25, 0.3) is 0 Å². The van der Waals surface area contributed by atoms with Crippen LogP contribution < -0.4 is 5.32 Å². The lowest BCUT2D eigenvalue weighted by atomic mass is 10.0. The topological polar surface area (TPSA) is 29.1 Å². The fraction of sp³-hybridized carbons (Fsp3) is 0.316. The first kappa shape index (κ1) is 19.2. The summed E-state index contributed by atoms with van der Waals surface area (Å²) in [5.41, 5.74) is 4.57. The van der Waals surface area contributed by atoms with Crippen LogP contribution in [-0.2, 0) is 17.0 Å². The van der Waals surface area contributed by atoms with E-state index in [1.165, 1.54) is 5.56 Å². The number of hydrogen-bond acceptors (Lipinski definition) is 2. The van der Waals surface area contributed by atoms with Crippen molar-refractivity contribution in [3.8, 4) is 0 Å². The highest BCUT2D eigenvalue weighted by Gasteiger charge is 2.06. The zero-order chi connectivity index (χ0) is 17.5. The summed E-state index contributed by atoms with van der Waals surface area (Å²) >= 11 is 13.7. The number of aryl methyl sites for hydroxylation is 2. The first-order valence-electron chi connectivity index (χ1n) is 7.80. The van der Waals surface area contributed by atoms with Crippen LogP contribution in [-0.4, -0.2) is 18.2 Å². The van der Waals surface area contributed by atoms with Crippen LogP contribution in [0.15, 0.2) is 36.4 Å². The van der Waals surface area contributed by atoms with Crippen molar-refractivity contribution >= 4 is 40.9 Å². The van der Waals surface area contributed by atoms with E-state index in [0.29, 0.717) is 23.0 Å². The number of amides is 1. The van der Waals surface area contributed by atoms with Gasteiger partial charge in [-0.05, 0) is 42.7 Å². The molecule has 24 heavy (non-hydrogen) atoms. The molecule has 0 spiro atoms. The lowest BCUT2D eigenvalue weighted by molar-refractivity contribution is -0.120. The molecular formula is C19H21Cl2NOS. The van der Waals surface area contributed by atoms with Gasteiger partial charge in [-0.15, -0.1) is 0 Å². The van der Waals surface area contributed by atoms with E-state index in [9.17, 15) is 4.79 Å². The molecule has 0 saturated carbocycles. The van der Waals surface area contributed by atoms with E-state index in [4.69, 9.17) is 23.2 Å². The molecule has 0 atom stereocenters. The minimum atomic E-state index is 0.0684. The quantitative estimate of drug-likeness (QED) is 0.667. The maximum absolute atomic E-state index is 12.0. The third-order valence-electron chi connectivity index (χ3n) is 3.68. The van der Waals surface area contributed by atoms with Crippen molar-refractivity contribution in [2.75, 3.05) is 12.3 Å². The van der Waals surface area contributed by atoms with Gasteiger partial charge in [0.05, 0.1) is 16.5 Å². The van der Waals surface area contributed by atoms with Gasteiger partial charge in [-0.3, -0.25) is 4.79 Å².